The largest absolute Gasteiger partial charge is 0.494 e. The summed E-state index contributed by atoms with van der Waals surface area (Å²) < 4.78 is 7.16. The summed E-state index contributed by atoms with van der Waals surface area (Å²) in [6, 6.07) is 5.34. The van der Waals surface area contributed by atoms with Crippen molar-refractivity contribution in [1.29, 1.82) is 0 Å². The normalized spacial score (nSPS) is 14.5. The zero-order valence-electron chi connectivity index (χ0n) is 17.6. The summed E-state index contributed by atoms with van der Waals surface area (Å²) in [4.78, 5) is 28.4. The Morgan fingerprint density at radius 2 is 2.03 bits per heavy atom. The van der Waals surface area contributed by atoms with Gasteiger partial charge in [-0.15, -0.1) is 0 Å². The number of carbonyl (C=O) groups excluding carboxylic acids is 2. The molecule has 1 aromatic carbocycles. The number of likely N-dealkylation sites (N-methyl/N-ethyl adjacent to an activating group) is 1. The van der Waals surface area contributed by atoms with Crippen molar-refractivity contribution >= 4 is 17.5 Å². The van der Waals surface area contributed by atoms with E-state index in [-0.39, 0.29) is 29.0 Å². The first-order valence-electron chi connectivity index (χ1n) is 9.64. The number of hydrogen-bond acceptors (Lipinski definition) is 8. The molecule has 164 valence electrons. The van der Waals surface area contributed by atoms with E-state index in [0.29, 0.717) is 22.8 Å². The van der Waals surface area contributed by atoms with Crippen molar-refractivity contribution in [3.8, 4) is 17.1 Å². The summed E-state index contributed by atoms with van der Waals surface area (Å²) in [5, 5.41) is 12.5. The minimum atomic E-state index is -0.512. The summed E-state index contributed by atoms with van der Waals surface area (Å²) in [6.07, 6.45) is 4.66. The number of carbonyl (C=O) groups is 2. The third kappa shape index (κ3) is 5.13. The molecule has 0 radical (unpaired) electrons. The van der Waals surface area contributed by atoms with E-state index in [1.165, 1.54) is 20.2 Å². The highest BCUT2D eigenvalue weighted by Gasteiger charge is 2.29. The van der Waals surface area contributed by atoms with Gasteiger partial charge in [0.15, 0.2) is 11.6 Å². The highest BCUT2D eigenvalue weighted by molar-refractivity contribution is 5.94. The van der Waals surface area contributed by atoms with Crippen LogP contribution in [0.5, 0.6) is 5.75 Å². The molecule has 1 heterocycles. The van der Waals surface area contributed by atoms with Crippen LogP contribution in [0, 0.1) is 5.92 Å². The quantitative estimate of drug-likeness (QED) is 0.294. The van der Waals surface area contributed by atoms with Gasteiger partial charge < -0.3 is 32.2 Å². The van der Waals surface area contributed by atoms with E-state index in [9.17, 15) is 9.59 Å². The van der Waals surface area contributed by atoms with Crippen molar-refractivity contribution in [2.75, 3.05) is 19.5 Å². The smallest absolute Gasteiger partial charge is 0.269 e. The van der Waals surface area contributed by atoms with Crippen molar-refractivity contribution in [3.63, 3.8) is 0 Å². The molecule has 2 aromatic rings. The zero-order valence-corrected chi connectivity index (χ0v) is 17.6. The Hall–Kier alpha value is -4.02. The second kappa shape index (κ2) is 9.20. The molecule has 11 heteroatoms. The number of hydrogen-bond donors (Lipinski definition) is 5. The molecule has 0 bridgehead atoms. The van der Waals surface area contributed by atoms with Gasteiger partial charge in [-0.05, 0) is 25.0 Å². The minimum absolute atomic E-state index is 0.0220. The number of methoxy groups -OCH3 is 1. The van der Waals surface area contributed by atoms with Crippen LogP contribution in [-0.4, -0.2) is 40.7 Å². The van der Waals surface area contributed by atoms with E-state index >= 15 is 0 Å². The Bertz CT molecular complexity index is 1050. The molecule has 2 amide bonds. The number of nitrogens with two attached hydrogens (primary N) is 2. The molecule has 11 nitrogen and oxygen atoms in total. The average molecular weight is 426 g/mol. The summed E-state index contributed by atoms with van der Waals surface area (Å²) in [7, 11) is 4.74. The van der Waals surface area contributed by atoms with Gasteiger partial charge in [-0.3, -0.25) is 14.3 Å². The molecule has 0 unspecified atom stereocenters. The molecule has 1 aliphatic carbocycles. The van der Waals surface area contributed by atoms with Gasteiger partial charge in [-0.25, -0.2) is 4.98 Å². The first kappa shape index (κ1) is 21.7. The topological polar surface area (TPSA) is 162 Å². The molecule has 0 atom stereocenters. The lowest BCUT2D eigenvalue weighted by atomic mass is 10.1. The van der Waals surface area contributed by atoms with E-state index in [4.69, 9.17) is 16.2 Å². The lowest BCUT2D eigenvalue weighted by Crippen LogP contribution is -2.31. The second-order valence-corrected chi connectivity index (χ2v) is 7.02. The number of ether oxygens (including phenoxy) is 1. The molecule has 1 fully saturated rings. The first-order valence-corrected chi connectivity index (χ1v) is 9.64. The van der Waals surface area contributed by atoms with Crippen LogP contribution in [0.1, 0.15) is 12.8 Å². The van der Waals surface area contributed by atoms with Gasteiger partial charge in [0.1, 0.15) is 17.8 Å². The number of anilines is 1. The SMILES string of the molecule is CNC(=O)/C(N)=C(/C=C(\N)NC(=O)C1CC1)Nc1cccc(-c2ncn(C)n2)c1OC. The average Bonchev–Trinajstić information content (AvgIpc) is 3.52. The minimum Gasteiger partial charge on any atom is -0.494 e. The number of amides is 2. The van der Waals surface area contributed by atoms with Gasteiger partial charge in [-0.1, -0.05) is 6.07 Å². The Morgan fingerprint density at radius 1 is 1.29 bits per heavy atom. The van der Waals surface area contributed by atoms with Crippen molar-refractivity contribution in [3.05, 3.63) is 47.8 Å². The summed E-state index contributed by atoms with van der Waals surface area (Å²) in [5.41, 5.74) is 13.2. The Labute approximate surface area is 179 Å². The van der Waals surface area contributed by atoms with Crippen LogP contribution in [-0.2, 0) is 16.6 Å². The van der Waals surface area contributed by atoms with E-state index in [1.54, 1.807) is 30.2 Å². The Kier molecular flexibility index (Phi) is 6.43. The molecule has 3 rings (SSSR count). The van der Waals surface area contributed by atoms with Crippen molar-refractivity contribution in [1.82, 2.24) is 25.4 Å². The van der Waals surface area contributed by atoms with Crippen molar-refractivity contribution in [2.24, 2.45) is 24.4 Å². The highest BCUT2D eigenvalue weighted by atomic mass is 16.5. The van der Waals surface area contributed by atoms with Crippen molar-refractivity contribution < 1.29 is 14.3 Å². The number of rotatable bonds is 8. The number of allylic oxidation sites excluding steroid dienone is 1. The van der Waals surface area contributed by atoms with Crippen LogP contribution in [0.3, 0.4) is 0 Å². The summed E-state index contributed by atoms with van der Waals surface area (Å²) in [5.74, 6) is 0.289. The van der Waals surface area contributed by atoms with Gasteiger partial charge in [0.2, 0.25) is 5.91 Å². The number of benzene rings is 1. The molecular formula is C20H26N8O3. The van der Waals surface area contributed by atoms with Crippen LogP contribution < -0.4 is 32.2 Å². The monoisotopic (exact) mass is 426 g/mol. The third-order valence-corrected chi connectivity index (χ3v) is 4.61. The molecule has 1 saturated carbocycles. The predicted octanol–water partition coefficient (Wildman–Crippen LogP) is 0.145. The lowest BCUT2D eigenvalue weighted by molar-refractivity contribution is -0.121. The van der Waals surface area contributed by atoms with Crippen molar-refractivity contribution in [2.45, 2.75) is 12.8 Å². The Morgan fingerprint density at radius 3 is 2.61 bits per heavy atom. The first-order chi connectivity index (χ1) is 14.8. The molecule has 0 saturated heterocycles. The number of para-hydroxylation sites is 1. The molecule has 1 aromatic heterocycles. The van der Waals surface area contributed by atoms with Gasteiger partial charge in [0.25, 0.3) is 5.91 Å². The zero-order chi connectivity index (χ0) is 22.5. The number of nitrogens with one attached hydrogen (secondary N) is 3. The molecule has 0 spiro atoms. The van der Waals surface area contributed by atoms with E-state index in [0.717, 1.165) is 12.8 Å². The molecule has 1 aliphatic rings. The maximum Gasteiger partial charge on any atom is 0.269 e. The maximum atomic E-state index is 12.2. The lowest BCUT2D eigenvalue weighted by Gasteiger charge is -2.16. The number of aryl methyl sites for hydroxylation is 1. The second-order valence-electron chi connectivity index (χ2n) is 7.02. The van der Waals surface area contributed by atoms with E-state index in [2.05, 4.69) is 26.0 Å². The fraction of sp³-hybridized carbons (Fsp3) is 0.300. The van der Waals surface area contributed by atoms with Gasteiger partial charge >= 0.3 is 0 Å². The highest BCUT2D eigenvalue weighted by Crippen LogP contribution is 2.35. The summed E-state index contributed by atoms with van der Waals surface area (Å²) in [6.45, 7) is 0. The van der Waals surface area contributed by atoms with Crippen LogP contribution in [0.2, 0.25) is 0 Å². The van der Waals surface area contributed by atoms with Crippen LogP contribution in [0.25, 0.3) is 11.4 Å². The van der Waals surface area contributed by atoms with E-state index < -0.39 is 5.91 Å². The van der Waals surface area contributed by atoms with Gasteiger partial charge in [0, 0.05) is 26.1 Å². The number of aromatic nitrogens is 3. The fourth-order valence-corrected chi connectivity index (χ4v) is 2.86. The van der Waals surface area contributed by atoms with Crippen LogP contribution in [0.4, 0.5) is 5.69 Å². The summed E-state index contributed by atoms with van der Waals surface area (Å²) >= 11 is 0. The third-order valence-electron chi connectivity index (χ3n) is 4.61. The van der Waals surface area contributed by atoms with E-state index in [1.807, 2.05) is 6.07 Å². The molecular weight excluding hydrogens is 400 g/mol. The fourth-order valence-electron chi connectivity index (χ4n) is 2.86. The predicted molar refractivity (Wildman–Crippen MR) is 115 cm³/mol. The molecule has 7 N–H and O–H groups in total. The van der Waals surface area contributed by atoms with Gasteiger partial charge in [-0.2, -0.15) is 5.10 Å². The standard InChI is InChI=1S/C20H26N8O3/c1-23-20(30)16(22)14(9-15(21)26-19(29)11-7-8-11)25-13-6-4-5-12(17(13)31-3)18-24-10-28(2)27-18/h4-6,9-11,25H,7-8,21-22H2,1-3H3,(H,23,30)(H,26,29)/b15-9+,16-14+. The van der Waals surface area contributed by atoms with Gasteiger partial charge in [0.05, 0.1) is 24.1 Å². The van der Waals surface area contributed by atoms with Crippen LogP contribution in [0.15, 0.2) is 47.8 Å². The Balaban J connectivity index is 1.97. The molecule has 31 heavy (non-hydrogen) atoms. The maximum absolute atomic E-state index is 12.2. The van der Waals surface area contributed by atoms with Crippen LogP contribution >= 0.6 is 0 Å². The number of nitrogens with zero attached hydrogens (tertiary/aromatic N) is 3. The molecule has 0 aliphatic heterocycles.